The van der Waals surface area contributed by atoms with Gasteiger partial charge in [0.05, 0.1) is 18.2 Å². The first-order chi connectivity index (χ1) is 14.3. The van der Waals surface area contributed by atoms with Crippen molar-refractivity contribution in [1.82, 2.24) is 5.32 Å². The highest BCUT2D eigenvalue weighted by Crippen LogP contribution is 2.35. The van der Waals surface area contributed by atoms with E-state index in [1.54, 1.807) is 0 Å². The van der Waals surface area contributed by atoms with Gasteiger partial charge in [-0.2, -0.15) is 0 Å². The minimum Gasteiger partial charge on any atom is -0.489 e. The molecule has 2 aliphatic rings. The number of para-hydroxylation sites is 2. The number of benzene rings is 2. The molecule has 0 spiro atoms. The summed E-state index contributed by atoms with van der Waals surface area (Å²) < 4.78 is 5.97. The number of carbonyl (C=O) groups excluding carboxylic acids is 1. The van der Waals surface area contributed by atoms with Crippen LogP contribution in [0.25, 0.3) is 0 Å². The lowest BCUT2D eigenvalue weighted by Gasteiger charge is -2.38. The highest BCUT2D eigenvalue weighted by Gasteiger charge is 2.29. The minimum atomic E-state index is 0.0269. The van der Waals surface area contributed by atoms with E-state index in [-0.39, 0.29) is 11.9 Å². The van der Waals surface area contributed by atoms with Gasteiger partial charge in [-0.05, 0) is 49.8 Å². The molecular formula is C25H30N2O2. The Kier molecular flexibility index (Phi) is 6.50. The molecule has 0 radical (unpaired) electrons. The van der Waals surface area contributed by atoms with Crippen LogP contribution in [0.4, 0.5) is 5.69 Å². The number of allylic oxidation sites excluding steroid dienone is 1. The summed E-state index contributed by atoms with van der Waals surface area (Å²) in [4.78, 5) is 15.0. The molecule has 2 aromatic rings. The third kappa shape index (κ3) is 5.20. The molecule has 0 saturated heterocycles. The zero-order valence-corrected chi connectivity index (χ0v) is 17.0. The summed E-state index contributed by atoms with van der Waals surface area (Å²) in [6.07, 6.45) is 8.74. The van der Waals surface area contributed by atoms with Gasteiger partial charge in [0, 0.05) is 13.1 Å². The fraction of sp³-hybridized carbons (Fsp3) is 0.400. The summed E-state index contributed by atoms with van der Waals surface area (Å²) in [6.45, 7) is 2.03. The Labute approximate surface area is 173 Å². The molecule has 4 rings (SSSR count). The molecule has 2 aromatic carbocycles. The molecular weight excluding hydrogens is 360 g/mol. The van der Waals surface area contributed by atoms with Crippen molar-refractivity contribution < 1.29 is 9.53 Å². The maximum absolute atomic E-state index is 12.7. The minimum absolute atomic E-state index is 0.0269. The number of ether oxygens (including phenoxy) is 1. The molecule has 152 valence electrons. The molecule has 29 heavy (non-hydrogen) atoms. The van der Waals surface area contributed by atoms with Gasteiger partial charge in [-0.3, -0.25) is 4.79 Å². The van der Waals surface area contributed by atoms with Crippen molar-refractivity contribution in [3.05, 3.63) is 71.8 Å². The maximum Gasteiger partial charge on any atom is 0.222 e. The lowest BCUT2D eigenvalue weighted by Crippen LogP contribution is -2.45. The first-order valence-corrected chi connectivity index (χ1v) is 10.8. The molecule has 1 atom stereocenters. The summed E-state index contributed by atoms with van der Waals surface area (Å²) in [5.74, 6) is 0.997. The van der Waals surface area contributed by atoms with Crippen LogP contribution in [0.15, 0.2) is 66.2 Å². The van der Waals surface area contributed by atoms with Crippen LogP contribution in [-0.4, -0.2) is 25.1 Å². The molecule has 4 nitrogen and oxygen atoms in total. The van der Waals surface area contributed by atoms with Gasteiger partial charge in [0.1, 0.15) is 12.4 Å². The summed E-state index contributed by atoms with van der Waals surface area (Å²) in [5.41, 5.74) is 3.80. The van der Waals surface area contributed by atoms with Crippen LogP contribution >= 0.6 is 0 Å². The van der Waals surface area contributed by atoms with Crippen molar-refractivity contribution in [2.45, 2.75) is 51.1 Å². The van der Waals surface area contributed by atoms with E-state index in [1.807, 2.05) is 24.3 Å². The number of amides is 1. The smallest absolute Gasteiger partial charge is 0.222 e. The first kappa shape index (κ1) is 19.6. The van der Waals surface area contributed by atoms with Crippen molar-refractivity contribution in [1.29, 1.82) is 0 Å². The standard InChI is InChI=1S/C25H30N2O2/c28-25(26-16-15-20-9-3-1-4-10-20)17-22-19-29-24-14-8-7-13-23(24)27(22)18-21-11-5-2-6-12-21/h2,5-9,11-14,22H,1,3-4,10,15-19H2,(H,26,28)/t22-/m0/s1. The number of fused-ring (bicyclic) bond motifs is 1. The predicted octanol–water partition coefficient (Wildman–Crippen LogP) is 4.85. The molecule has 1 aliphatic heterocycles. The molecule has 0 saturated carbocycles. The quantitative estimate of drug-likeness (QED) is 0.687. The normalized spacial score (nSPS) is 18.4. The number of nitrogens with one attached hydrogen (secondary N) is 1. The molecule has 0 unspecified atom stereocenters. The maximum atomic E-state index is 12.7. The van der Waals surface area contributed by atoms with Gasteiger partial charge >= 0.3 is 0 Å². The van der Waals surface area contributed by atoms with Crippen LogP contribution in [0.2, 0.25) is 0 Å². The first-order valence-electron chi connectivity index (χ1n) is 10.8. The Hall–Kier alpha value is -2.75. The molecule has 1 aliphatic carbocycles. The second-order valence-corrected chi connectivity index (χ2v) is 7.96. The Bertz CT molecular complexity index is 847. The molecule has 1 amide bonds. The van der Waals surface area contributed by atoms with Gasteiger partial charge in [0.25, 0.3) is 0 Å². The van der Waals surface area contributed by atoms with E-state index >= 15 is 0 Å². The van der Waals surface area contributed by atoms with Gasteiger partial charge in [-0.15, -0.1) is 0 Å². The van der Waals surface area contributed by atoms with E-state index in [0.717, 1.165) is 30.9 Å². The zero-order chi connectivity index (χ0) is 19.9. The topological polar surface area (TPSA) is 41.6 Å². The van der Waals surface area contributed by atoms with Gasteiger partial charge in [0.2, 0.25) is 5.91 Å². The summed E-state index contributed by atoms with van der Waals surface area (Å²) in [5, 5.41) is 3.12. The average molecular weight is 391 g/mol. The van der Waals surface area contributed by atoms with Gasteiger partial charge < -0.3 is 15.0 Å². The van der Waals surface area contributed by atoms with Crippen molar-refractivity contribution in [2.24, 2.45) is 0 Å². The Morgan fingerprint density at radius 1 is 1.07 bits per heavy atom. The molecule has 0 aromatic heterocycles. The number of hydrogen-bond acceptors (Lipinski definition) is 3. The fourth-order valence-corrected chi connectivity index (χ4v) is 4.23. The van der Waals surface area contributed by atoms with E-state index < -0.39 is 0 Å². The van der Waals surface area contributed by atoms with Crippen LogP contribution in [-0.2, 0) is 11.3 Å². The molecule has 1 N–H and O–H groups in total. The number of carbonyl (C=O) groups is 1. The van der Waals surface area contributed by atoms with E-state index in [0.29, 0.717) is 13.0 Å². The van der Waals surface area contributed by atoms with E-state index in [9.17, 15) is 4.79 Å². The summed E-state index contributed by atoms with van der Waals surface area (Å²) in [7, 11) is 0. The van der Waals surface area contributed by atoms with E-state index in [2.05, 4.69) is 46.6 Å². The Balaban J connectivity index is 1.39. The summed E-state index contributed by atoms with van der Waals surface area (Å²) in [6, 6.07) is 18.5. The fourth-order valence-electron chi connectivity index (χ4n) is 4.23. The van der Waals surface area contributed by atoms with Crippen LogP contribution in [0.1, 0.15) is 44.1 Å². The third-order valence-corrected chi connectivity index (χ3v) is 5.82. The van der Waals surface area contributed by atoms with Crippen LogP contribution in [0, 0.1) is 0 Å². The van der Waals surface area contributed by atoms with Gasteiger partial charge in [-0.25, -0.2) is 0 Å². The average Bonchev–Trinajstić information content (AvgIpc) is 2.77. The number of hydrogen-bond donors (Lipinski definition) is 1. The van der Waals surface area contributed by atoms with Crippen molar-refractivity contribution in [3.8, 4) is 5.75 Å². The van der Waals surface area contributed by atoms with Crippen LogP contribution in [0.5, 0.6) is 5.75 Å². The highest BCUT2D eigenvalue weighted by atomic mass is 16.5. The van der Waals surface area contributed by atoms with Crippen molar-refractivity contribution >= 4 is 11.6 Å². The lowest BCUT2D eigenvalue weighted by molar-refractivity contribution is -0.121. The van der Waals surface area contributed by atoms with Gasteiger partial charge in [0.15, 0.2) is 0 Å². The number of anilines is 1. The van der Waals surface area contributed by atoms with Crippen molar-refractivity contribution in [2.75, 3.05) is 18.1 Å². The SMILES string of the molecule is O=C(C[C@H]1COc2ccccc2N1Cc1ccccc1)NCCC1=CCCCC1. The molecule has 0 bridgehead atoms. The second kappa shape index (κ2) is 9.64. The number of rotatable bonds is 7. The lowest BCUT2D eigenvalue weighted by atomic mass is 9.97. The highest BCUT2D eigenvalue weighted by molar-refractivity contribution is 5.77. The third-order valence-electron chi connectivity index (χ3n) is 5.82. The summed E-state index contributed by atoms with van der Waals surface area (Å²) >= 11 is 0. The predicted molar refractivity (Wildman–Crippen MR) is 117 cm³/mol. The zero-order valence-electron chi connectivity index (χ0n) is 17.0. The largest absolute Gasteiger partial charge is 0.489 e. The van der Waals surface area contributed by atoms with Crippen LogP contribution in [0.3, 0.4) is 0 Å². The number of nitrogens with zero attached hydrogens (tertiary/aromatic N) is 1. The van der Waals surface area contributed by atoms with Crippen LogP contribution < -0.4 is 15.0 Å². The van der Waals surface area contributed by atoms with Crippen molar-refractivity contribution in [3.63, 3.8) is 0 Å². The second-order valence-electron chi connectivity index (χ2n) is 7.96. The van der Waals surface area contributed by atoms with Gasteiger partial charge in [-0.1, -0.05) is 54.1 Å². The Morgan fingerprint density at radius 2 is 1.90 bits per heavy atom. The molecule has 4 heteroatoms. The monoisotopic (exact) mass is 390 g/mol. The Morgan fingerprint density at radius 3 is 2.72 bits per heavy atom. The van der Waals surface area contributed by atoms with E-state index in [1.165, 1.54) is 36.8 Å². The molecule has 1 heterocycles. The molecule has 0 fully saturated rings. The van der Waals surface area contributed by atoms with E-state index in [4.69, 9.17) is 4.74 Å².